The number of rotatable bonds is 7. The zero-order chi connectivity index (χ0) is 23.5. The predicted molar refractivity (Wildman–Crippen MR) is 136 cm³/mol. The molecule has 0 radical (unpaired) electrons. The highest BCUT2D eigenvalue weighted by molar-refractivity contribution is 5.90. The SMILES string of the molecule is CCCCc1cc2c(cc1C(C)=Cc1ccc(C(=O)OCC)cc1)C(C)(C)CCC2(C)C. The van der Waals surface area contributed by atoms with Gasteiger partial charge in [0.15, 0.2) is 0 Å². The third kappa shape index (κ3) is 5.17. The van der Waals surface area contributed by atoms with E-state index >= 15 is 0 Å². The Morgan fingerprint density at radius 2 is 1.56 bits per heavy atom. The Hall–Kier alpha value is -2.35. The zero-order valence-electron chi connectivity index (χ0n) is 21.1. The van der Waals surface area contributed by atoms with Crippen LogP contribution in [0.25, 0.3) is 11.6 Å². The molecule has 0 atom stereocenters. The molecule has 3 rings (SSSR count). The predicted octanol–water partition coefficient (Wildman–Crippen LogP) is 8.12. The first kappa shape index (κ1) is 24.3. The summed E-state index contributed by atoms with van der Waals surface area (Å²) in [4.78, 5) is 12.0. The molecule has 0 saturated heterocycles. The van der Waals surface area contributed by atoms with Gasteiger partial charge in [0.25, 0.3) is 0 Å². The molecule has 2 aromatic rings. The smallest absolute Gasteiger partial charge is 0.338 e. The van der Waals surface area contributed by atoms with E-state index in [1.807, 2.05) is 31.2 Å². The van der Waals surface area contributed by atoms with Crippen molar-refractivity contribution in [3.63, 3.8) is 0 Å². The average molecular weight is 433 g/mol. The van der Waals surface area contributed by atoms with E-state index in [2.05, 4.69) is 59.8 Å². The van der Waals surface area contributed by atoms with E-state index in [9.17, 15) is 4.79 Å². The minimum atomic E-state index is -0.263. The first-order valence-corrected chi connectivity index (χ1v) is 12.2. The highest BCUT2D eigenvalue weighted by atomic mass is 16.5. The van der Waals surface area contributed by atoms with Crippen molar-refractivity contribution in [1.82, 2.24) is 0 Å². The molecule has 0 heterocycles. The fourth-order valence-electron chi connectivity index (χ4n) is 4.86. The van der Waals surface area contributed by atoms with Crippen molar-refractivity contribution in [2.75, 3.05) is 6.61 Å². The standard InChI is InChI=1S/C30H40O2/c1-8-10-11-24-19-26-27(30(6,7)17-16-29(26,4)5)20-25(24)21(3)18-22-12-14-23(15-13-22)28(31)32-9-2/h12-15,18-20H,8-11,16-17H2,1-7H3. The van der Waals surface area contributed by atoms with Crippen LogP contribution in [-0.2, 0) is 22.0 Å². The molecule has 0 aliphatic heterocycles. The Labute approximate surface area is 195 Å². The molecule has 2 aromatic carbocycles. The third-order valence-corrected chi connectivity index (χ3v) is 7.11. The minimum Gasteiger partial charge on any atom is -0.462 e. The van der Waals surface area contributed by atoms with Crippen LogP contribution in [0.4, 0.5) is 0 Å². The maximum absolute atomic E-state index is 12.0. The summed E-state index contributed by atoms with van der Waals surface area (Å²) in [5.74, 6) is -0.263. The van der Waals surface area contributed by atoms with Crippen LogP contribution in [0, 0.1) is 0 Å². The van der Waals surface area contributed by atoms with Crippen molar-refractivity contribution in [2.24, 2.45) is 0 Å². The number of esters is 1. The number of aryl methyl sites for hydroxylation is 1. The monoisotopic (exact) mass is 432 g/mol. The van der Waals surface area contributed by atoms with Crippen LogP contribution in [0.1, 0.15) is 112 Å². The lowest BCUT2D eigenvalue weighted by molar-refractivity contribution is 0.0526. The van der Waals surface area contributed by atoms with E-state index in [1.165, 1.54) is 53.5 Å². The van der Waals surface area contributed by atoms with E-state index in [-0.39, 0.29) is 16.8 Å². The van der Waals surface area contributed by atoms with E-state index in [0.29, 0.717) is 12.2 Å². The average Bonchev–Trinajstić information content (AvgIpc) is 2.75. The van der Waals surface area contributed by atoms with Crippen molar-refractivity contribution in [2.45, 2.75) is 91.4 Å². The van der Waals surface area contributed by atoms with E-state index in [0.717, 1.165) is 12.0 Å². The van der Waals surface area contributed by atoms with Crippen molar-refractivity contribution < 1.29 is 9.53 Å². The van der Waals surface area contributed by atoms with Crippen LogP contribution in [-0.4, -0.2) is 12.6 Å². The summed E-state index contributed by atoms with van der Waals surface area (Å²) in [5.41, 5.74) is 9.30. The number of allylic oxidation sites excluding steroid dienone is 1. The van der Waals surface area contributed by atoms with Crippen molar-refractivity contribution >= 4 is 17.6 Å². The summed E-state index contributed by atoms with van der Waals surface area (Å²) < 4.78 is 5.11. The van der Waals surface area contributed by atoms with Crippen LogP contribution < -0.4 is 0 Å². The Morgan fingerprint density at radius 1 is 0.969 bits per heavy atom. The molecule has 2 nitrogen and oxygen atoms in total. The van der Waals surface area contributed by atoms with E-state index in [4.69, 9.17) is 4.74 Å². The normalized spacial score (nSPS) is 17.0. The van der Waals surface area contributed by atoms with Crippen LogP contribution in [0.15, 0.2) is 36.4 Å². The fraction of sp³-hybridized carbons (Fsp3) is 0.500. The van der Waals surface area contributed by atoms with Crippen LogP contribution in [0.2, 0.25) is 0 Å². The van der Waals surface area contributed by atoms with Gasteiger partial charge < -0.3 is 4.74 Å². The molecular weight excluding hydrogens is 392 g/mol. The number of fused-ring (bicyclic) bond motifs is 1. The lowest BCUT2D eigenvalue weighted by Gasteiger charge is -2.42. The zero-order valence-corrected chi connectivity index (χ0v) is 21.1. The number of carbonyl (C=O) groups is 1. The molecular formula is C30H40O2. The summed E-state index contributed by atoms with van der Waals surface area (Å²) >= 11 is 0. The van der Waals surface area contributed by atoms with Gasteiger partial charge in [-0.05, 0) is 95.9 Å². The van der Waals surface area contributed by atoms with Crippen LogP contribution >= 0.6 is 0 Å². The number of hydrogen-bond donors (Lipinski definition) is 0. The van der Waals surface area contributed by atoms with Crippen molar-refractivity contribution in [3.05, 3.63) is 69.8 Å². The molecule has 0 spiro atoms. The minimum absolute atomic E-state index is 0.199. The number of carbonyl (C=O) groups excluding carboxylic acids is 1. The van der Waals surface area contributed by atoms with Gasteiger partial charge in [-0.1, -0.05) is 71.4 Å². The lowest BCUT2D eigenvalue weighted by Crippen LogP contribution is -2.34. The van der Waals surface area contributed by atoms with E-state index < -0.39 is 0 Å². The van der Waals surface area contributed by atoms with Gasteiger partial charge in [-0.15, -0.1) is 0 Å². The lowest BCUT2D eigenvalue weighted by atomic mass is 9.62. The largest absolute Gasteiger partial charge is 0.462 e. The highest BCUT2D eigenvalue weighted by Gasteiger charge is 2.37. The van der Waals surface area contributed by atoms with Crippen molar-refractivity contribution in [1.29, 1.82) is 0 Å². The fourth-order valence-corrected chi connectivity index (χ4v) is 4.86. The molecule has 1 aliphatic carbocycles. The maximum Gasteiger partial charge on any atom is 0.338 e. The van der Waals surface area contributed by atoms with Crippen molar-refractivity contribution in [3.8, 4) is 0 Å². The van der Waals surface area contributed by atoms with Gasteiger partial charge in [0, 0.05) is 0 Å². The molecule has 32 heavy (non-hydrogen) atoms. The Balaban J connectivity index is 2.04. The molecule has 0 bridgehead atoms. The summed E-state index contributed by atoms with van der Waals surface area (Å²) in [5, 5.41) is 0. The number of hydrogen-bond acceptors (Lipinski definition) is 2. The van der Waals surface area contributed by atoms with Gasteiger partial charge in [0.05, 0.1) is 12.2 Å². The first-order chi connectivity index (χ1) is 15.1. The number of unbranched alkanes of at least 4 members (excludes halogenated alkanes) is 1. The highest BCUT2D eigenvalue weighted by Crippen LogP contribution is 2.47. The van der Waals surface area contributed by atoms with Gasteiger partial charge >= 0.3 is 5.97 Å². The molecule has 0 fully saturated rings. The van der Waals surface area contributed by atoms with Gasteiger partial charge in [0.1, 0.15) is 0 Å². The van der Waals surface area contributed by atoms with Gasteiger partial charge in [-0.3, -0.25) is 0 Å². The second kappa shape index (κ2) is 9.65. The molecule has 2 heteroatoms. The number of ether oxygens (including phenoxy) is 1. The molecule has 0 N–H and O–H groups in total. The molecule has 1 aliphatic rings. The van der Waals surface area contributed by atoms with Gasteiger partial charge in [-0.2, -0.15) is 0 Å². The molecule has 0 aromatic heterocycles. The summed E-state index contributed by atoms with van der Waals surface area (Å²) in [6, 6.07) is 12.7. The van der Waals surface area contributed by atoms with E-state index in [1.54, 1.807) is 0 Å². The second-order valence-corrected chi connectivity index (χ2v) is 10.6. The topological polar surface area (TPSA) is 26.3 Å². The van der Waals surface area contributed by atoms with Crippen LogP contribution in [0.3, 0.4) is 0 Å². The molecule has 172 valence electrons. The Bertz CT molecular complexity index is 990. The third-order valence-electron chi connectivity index (χ3n) is 7.11. The quantitative estimate of drug-likeness (QED) is 0.326. The van der Waals surface area contributed by atoms with Gasteiger partial charge in [0.2, 0.25) is 0 Å². The Kier molecular flexibility index (Phi) is 7.32. The first-order valence-electron chi connectivity index (χ1n) is 12.2. The number of benzene rings is 2. The maximum atomic E-state index is 12.0. The summed E-state index contributed by atoms with van der Waals surface area (Å²) in [6.45, 7) is 16.3. The molecule has 0 unspecified atom stereocenters. The summed E-state index contributed by atoms with van der Waals surface area (Å²) in [6.07, 6.45) is 8.22. The summed E-state index contributed by atoms with van der Waals surface area (Å²) in [7, 11) is 0. The van der Waals surface area contributed by atoms with Crippen LogP contribution in [0.5, 0.6) is 0 Å². The molecule has 0 saturated carbocycles. The Morgan fingerprint density at radius 3 is 2.12 bits per heavy atom. The molecule has 0 amide bonds. The van der Waals surface area contributed by atoms with Gasteiger partial charge in [-0.25, -0.2) is 4.79 Å². The second-order valence-electron chi connectivity index (χ2n) is 10.6.